The Bertz CT molecular complexity index is 513. The summed E-state index contributed by atoms with van der Waals surface area (Å²) >= 11 is 0. The van der Waals surface area contributed by atoms with E-state index in [1.807, 2.05) is 13.8 Å². The third-order valence-electron chi connectivity index (χ3n) is 6.91. The Labute approximate surface area is 146 Å². The van der Waals surface area contributed by atoms with E-state index >= 15 is 0 Å². The van der Waals surface area contributed by atoms with Gasteiger partial charge in [0.25, 0.3) is 0 Å². The second kappa shape index (κ2) is 6.66. The van der Waals surface area contributed by atoms with Crippen LogP contribution in [0.1, 0.15) is 79.6 Å². The maximum atomic E-state index is 11.1. The number of hydrogen-bond donors (Lipinski definition) is 3. The second-order valence-electron chi connectivity index (χ2n) is 9.21. The number of amides is 2. The van der Waals surface area contributed by atoms with E-state index in [-0.39, 0.29) is 11.3 Å². The summed E-state index contributed by atoms with van der Waals surface area (Å²) in [6.07, 6.45) is 7.36. The molecule has 138 valence electrons. The van der Waals surface area contributed by atoms with Crippen molar-refractivity contribution >= 4 is 11.7 Å². The highest BCUT2D eigenvalue weighted by Gasteiger charge is 2.57. The highest BCUT2D eigenvalue weighted by Crippen LogP contribution is 2.62. The highest BCUT2D eigenvalue weighted by molar-refractivity contribution is 5.83. The molecule has 4 N–H and O–H groups in total. The van der Waals surface area contributed by atoms with Gasteiger partial charge in [-0.3, -0.25) is 0 Å². The molecule has 2 aliphatic rings. The van der Waals surface area contributed by atoms with E-state index in [9.17, 15) is 9.90 Å². The summed E-state index contributed by atoms with van der Waals surface area (Å²) in [5.74, 6) is 0.909. The molecule has 0 radical (unpaired) electrons. The van der Waals surface area contributed by atoms with Crippen molar-refractivity contribution in [3.8, 4) is 0 Å². The van der Waals surface area contributed by atoms with Crippen LogP contribution in [0.5, 0.6) is 0 Å². The van der Waals surface area contributed by atoms with Crippen molar-refractivity contribution in [2.75, 3.05) is 0 Å². The van der Waals surface area contributed by atoms with Gasteiger partial charge in [-0.05, 0) is 75.0 Å². The number of aliphatic hydroxyl groups is 1. The molecule has 2 amide bonds. The fourth-order valence-corrected chi connectivity index (χ4v) is 5.83. The van der Waals surface area contributed by atoms with Crippen molar-refractivity contribution in [3.63, 3.8) is 0 Å². The molecule has 0 aromatic rings. The lowest BCUT2D eigenvalue weighted by Gasteiger charge is -2.61. The molecule has 0 saturated heterocycles. The molecule has 0 aliphatic heterocycles. The average Bonchev–Trinajstić information content (AvgIpc) is 2.42. The number of carbonyl (C=O) groups excluding carboxylic acids is 1. The molecule has 2 saturated carbocycles. The zero-order valence-electron chi connectivity index (χ0n) is 16.0. The number of hydrazone groups is 1. The molecule has 0 aromatic heterocycles. The molecule has 24 heavy (non-hydrogen) atoms. The van der Waals surface area contributed by atoms with Gasteiger partial charge < -0.3 is 10.8 Å². The number of nitrogens with one attached hydrogen (secondary N) is 1. The number of rotatable bonds is 4. The van der Waals surface area contributed by atoms with Crippen LogP contribution >= 0.6 is 0 Å². The molecule has 5 nitrogen and oxygen atoms in total. The van der Waals surface area contributed by atoms with Gasteiger partial charge in [-0.15, -0.1) is 0 Å². The maximum absolute atomic E-state index is 11.1. The Kier molecular flexibility index (Phi) is 5.34. The molecule has 4 atom stereocenters. The predicted molar refractivity (Wildman–Crippen MR) is 97.6 cm³/mol. The first kappa shape index (κ1) is 19.2. The van der Waals surface area contributed by atoms with Crippen molar-refractivity contribution in [3.05, 3.63) is 0 Å². The van der Waals surface area contributed by atoms with Crippen molar-refractivity contribution in [2.24, 2.45) is 33.5 Å². The van der Waals surface area contributed by atoms with Crippen LogP contribution in [0, 0.1) is 22.7 Å². The monoisotopic (exact) mass is 337 g/mol. The van der Waals surface area contributed by atoms with E-state index in [0.29, 0.717) is 11.3 Å². The summed E-state index contributed by atoms with van der Waals surface area (Å²) in [5, 5.41) is 15.1. The normalized spacial score (nSPS) is 39.2. The Hall–Kier alpha value is -1.10. The average molecular weight is 338 g/mol. The number of nitrogens with zero attached hydrogens (tertiary/aromatic N) is 1. The number of urea groups is 1. The van der Waals surface area contributed by atoms with Crippen LogP contribution in [0.3, 0.4) is 0 Å². The minimum Gasteiger partial charge on any atom is -0.390 e. The summed E-state index contributed by atoms with van der Waals surface area (Å²) in [6, 6.07) is -0.639. The largest absolute Gasteiger partial charge is 0.390 e. The lowest BCUT2D eigenvalue weighted by molar-refractivity contribution is -0.168. The van der Waals surface area contributed by atoms with Crippen molar-refractivity contribution in [1.82, 2.24) is 5.43 Å². The molecule has 0 heterocycles. The van der Waals surface area contributed by atoms with Crippen LogP contribution in [-0.2, 0) is 0 Å². The molecule has 2 fully saturated rings. The first-order valence-corrected chi connectivity index (χ1v) is 9.30. The van der Waals surface area contributed by atoms with Crippen molar-refractivity contribution in [1.29, 1.82) is 0 Å². The summed E-state index contributed by atoms with van der Waals surface area (Å²) in [7, 11) is 0. The molecule has 0 aromatic carbocycles. The van der Waals surface area contributed by atoms with Crippen LogP contribution in [0.15, 0.2) is 5.10 Å². The van der Waals surface area contributed by atoms with E-state index < -0.39 is 11.6 Å². The van der Waals surface area contributed by atoms with Gasteiger partial charge in [0.1, 0.15) is 0 Å². The van der Waals surface area contributed by atoms with Gasteiger partial charge in [-0.25, -0.2) is 10.2 Å². The first-order valence-electron chi connectivity index (χ1n) is 9.30. The number of hydrogen-bond acceptors (Lipinski definition) is 3. The second-order valence-corrected chi connectivity index (χ2v) is 9.21. The van der Waals surface area contributed by atoms with Gasteiger partial charge in [0.2, 0.25) is 0 Å². The number of nitrogens with two attached hydrogens (primary N) is 1. The SMILES string of the molecule is C/C(CC[C@@H]1[C@]2(C)CCCC(C)(C)[C@@H]2CC[C@]1(C)O)=N\NC(N)=O. The van der Waals surface area contributed by atoms with Gasteiger partial charge >= 0.3 is 6.03 Å². The van der Waals surface area contributed by atoms with E-state index in [4.69, 9.17) is 5.73 Å². The number of primary amides is 1. The zero-order valence-corrected chi connectivity index (χ0v) is 16.0. The van der Waals surface area contributed by atoms with Crippen molar-refractivity contribution in [2.45, 2.75) is 85.2 Å². The number of carbonyl (C=O) groups is 1. The minimum atomic E-state index is -0.639. The third-order valence-corrected chi connectivity index (χ3v) is 6.91. The van der Waals surface area contributed by atoms with Gasteiger partial charge in [-0.2, -0.15) is 5.10 Å². The lowest BCUT2D eigenvalue weighted by Crippen LogP contribution is -2.57. The van der Waals surface area contributed by atoms with Crippen LogP contribution in [0.4, 0.5) is 4.79 Å². The van der Waals surface area contributed by atoms with Gasteiger partial charge in [0.05, 0.1) is 5.60 Å². The van der Waals surface area contributed by atoms with E-state index in [0.717, 1.165) is 31.4 Å². The molecule has 0 bridgehead atoms. The van der Waals surface area contributed by atoms with Crippen LogP contribution in [0.25, 0.3) is 0 Å². The van der Waals surface area contributed by atoms with Gasteiger partial charge in [0.15, 0.2) is 0 Å². The van der Waals surface area contributed by atoms with Crippen LogP contribution in [0.2, 0.25) is 0 Å². The first-order chi connectivity index (χ1) is 11.0. The van der Waals surface area contributed by atoms with Crippen LogP contribution in [-0.4, -0.2) is 22.5 Å². The molecule has 0 unspecified atom stereocenters. The van der Waals surface area contributed by atoms with Crippen molar-refractivity contribution < 1.29 is 9.90 Å². The smallest absolute Gasteiger partial charge is 0.332 e. The Morgan fingerprint density at radius 1 is 1.25 bits per heavy atom. The van der Waals surface area contributed by atoms with E-state index in [1.54, 1.807) is 0 Å². The molecule has 0 spiro atoms. The standard InChI is InChI=1S/C19H35N3O2/c1-13(21-22-16(20)23)7-8-15-18(4)11-6-10-17(2,3)14(18)9-12-19(15,5)24/h14-15,24H,6-12H2,1-5H3,(H3,20,22,23)/b21-13+/t14-,15+,18+,19-/m0/s1. The zero-order chi connectivity index (χ0) is 18.2. The van der Waals surface area contributed by atoms with E-state index in [1.165, 1.54) is 19.3 Å². The summed E-state index contributed by atoms with van der Waals surface area (Å²) in [4.78, 5) is 10.8. The van der Waals surface area contributed by atoms with Gasteiger partial charge in [-0.1, -0.05) is 27.2 Å². The van der Waals surface area contributed by atoms with E-state index in [2.05, 4.69) is 31.3 Å². The summed E-state index contributed by atoms with van der Waals surface area (Å²) in [6.45, 7) is 11.1. The summed E-state index contributed by atoms with van der Waals surface area (Å²) < 4.78 is 0. The van der Waals surface area contributed by atoms with Crippen LogP contribution < -0.4 is 11.2 Å². The molecule has 2 rings (SSSR count). The minimum absolute atomic E-state index is 0.168. The Morgan fingerprint density at radius 3 is 2.54 bits per heavy atom. The maximum Gasteiger partial charge on any atom is 0.332 e. The Balaban J connectivity index is 2.18. The molecular weight excluding hydrogens is 302 g/mol. The molecular formula is C19H35N3O2. The quantitative estimate of drug-likeness (QED) is 0.538. The van der Waals surface area contributed by atoms with Gasteiger partial charge in [0, 0.05) is 5.71 Å². The topological polar surface area (TPSA) is 87.7 Å². The Morgan fingerprint density at radius 2 is 1.92 bits per heavy atom. The lowest BCUT2D eigenvalue weighted by atomic mass is 9.45. The highest BCUT2D eigenvalue weighted by atomic mass is 16.3. The fraction of sp³-hybridized carbons (Fsp3) is 0.895. The molecule has 5 heteroatoms. The number of fused-ring (bicyclic) bond motifs is 1. The molecule has 2 aliphatic carbocycles. The summed E-state index contributed by atoms with van der Waals surface area (Å²) in [5.41, 5.74) is 8.10. The third kappa shape index (κ3) is 3.76. The predicted octanol–water partition coefficient (Wildman–Crippen LogP) is 3.80. The fourth-order valence-electron chi connectivity index (χ4n) is 5.83.